The van der Waals surface area contributed by atoms with E-state index in [0.29, 0.717) is 27.7 Å². The lowest BCUT2D eigenvalue weighted by Crippen LogP contribution is -2.70. The first-order chi connectivity index (χ1) is 27.6. The molecule has 0 amide bonds. The van der Waals surface area contributed by atoms with E-state index in [1.807, 2.05) is 55.6 Å². The van der Waals surface area contributed by atoms with Gasteiger partial charge in [-0.2, -0.15) is 5.10 Å². The molecule has 0 aromatic heterocycles. The van der Waals surface area contributed by atoms with Gasteiger partial charge in [0.25, 0.3) is 0 Å². The second-order valence-electron chi connectivity index (χ2n) is 15.5. The summed E-state index contributed by atoms with van der Waals surface area (Å²) in [4.78, 5) is 36.4. The Morgan fingerprint density at radius 3 is 2.21 bits per heavy atom. The number of allylic oxidation sites excluding steroid dienone is 8. The summed E-state index contributed by atoms with van der Waals surface area (Å²) in [6, 6.07) is 11.4. The van der Waals surface area contributed by atoms with E-state index in [9.17, 15) is 9.59 Å². The first kappa shape index (κ1) is 41.4. The predicted octanol–water partition coefficient (Wildman–Crippen LogP) is 5.59. The van der Waals surface area contributed by atoms with Crippen LogP contribution >= 0.6 is 31.1 Å². The van der Waals surface area contributed by atoms with Gasteiger partial charge in [-0.25, -0.2) is 10.5 Å². The predicted molar refractivity (Wildman–Crippen MR) is 233 cm³/mol. The molecule has 8 rings (SSSR count). The minimum atomic E-state index is -0.208. The van der Waals surface area contributed by atoms with Crippen molar-refractivity contribution in [3.63, 3.8) is 0 Å². The molecule has 0 spiro atoms. The molecule has 13 heteroatoms. The SMILES string of the molecule is CCCP(C)C=[NH+]CCN(C)CCN1N=C2c3cccc(Cl)c3C(=O)C3C=CC=C1C23.CN(CCNO)CCN1C=C2c3cccc(Cl)c3C(=O)C3C=CC=C1C23. The van der Waals surface area contributed by atoms with E-state index in [4.69, 9.17) is 33.5 Å². The van der Waals surface area contributed by atoms with Gasteiger partial charge in [0.05, 0.1) is 46.6 Å². The maximum Gasteiger partial charge on any atom is 0.172 e. The van der Waals surface area contributed by atoms with E-state index < -0.39 is 0 Å². The third kappa shape index (κ3) is 8.55. The number of carbonyl (C=O) groups is 2. The number of hydrazone groups is 1. The Morgan fingerprint density at radius 1 is 0.877 bits per heavy atom. The molecule has 2 aromatic rings. The Hall–Kier alpha value is -3.73. The van der Waals surface area contributed by atoms with Gasteiger partial charge in [0.2, 0.25) is 0 Å². The van der Waals surface area contributed by atoms with Gasteiger partial charge in [0, 0.05) is 72.9 Å². The molecule has 2 heterocycles. The van der Waals surface area contributed by atoms with Gasteiger partial charge in [0.15, 0.2) is 24.1 Å². The lowest BCUT2D eigenvalue weighted by atomic mass is 9.70. The molecule has 0 bridgehead atoms. The molecule has 57 heavy (non-hydrogen) atoms. The number of rotatable bonds is 15. The standard InChI is InChI=1S/C24H30ClN4OP.C20H22ClN3O2/c1-4-15-31(3)16-26-11-12-28(2)13-14-29-20-10-6-8-18-22(20)23(27-29)17-7-5-9-19(25)21(17)24(18)30;1-23(9-8-22-26)10-11-24-12-15-13-4-2-6-16(21)19(13)20(25)14-5-3-7-17(24)18(14)15/h5-10,16,18,22H,4,11-15H2,1-3H3;2-7,12,14,18,22,26H,8-11H2,1H3/p+1. The molecule has 6 aliphatic rings. The molecular weight excluding hydrogens is 776 g/mol. The third-order valence-corrected chi connectivity index (χ3v) is 14.0. The number of halogens is 2. The van der Waals surface area contributed by atoms with Gasteiger partial charge in [0.1, 0.15) is 0 Å². The largest absolute Gasteiger partial charge is 0.349 e. The third-order valence-electron chi connectivity index (χ3n) is 11.6. The Kier molecular flexibility index (Phi) is 13.4. The van der Waals surface area contributed by atoms with Gasteiger partial charge in [-0.1, -0.05) is 85.1 Å². The van der Waals surface area contributed by atoms with Crippen molar-refractivity contribution in [2.75, 3.05) is 79.3 Å². The van der Waals surface area contributed by atoms with E-state index in [-0.39, 0.29) is 43.2 Å². The molecule has 0 radical (unpaired) electrons. The molecule has 0 saturated carbocycles. The first-order valence-corrected chi connectivity index (χ1v) is 22.7. The lowest BCUT2D eigenvalue weighted by Gasteiger charge is -2.33. The molecule has 5 unspecified atom stereocenters. The zero-order chi connectivity index (χ0) is 40.2. The molecule has 10 nitrogen and oxygen atoms in total. The van der Waals surface area contributed by atoms with Crippen LogP contribution in [0.15, 0.2) is 95.5 Å². The van der Waals surface area contributed by atoms with Gasteiger partial charge >= 0.3 is 0 Å². The highest BCUT2D eigenvalue weighted by Gasteiger charge is 2.48. The molecule has 5 atom stereocenters. The minimum absolute atomic E-state index is 0.000156. The van der Waals surface area contributed by atoms with Crippen LogP contribution in [-0.2, 0) is 0 Å². The van der Waals surface area contributed by atoms with Crippen LogP contribution in [0.25, 0.3) is 5.57 Å². The number of nitrogens with one attached hydrogen (secondary N) is 2. The highest BCUT2D eigenvalue weighted by Crippen LogP contribution is 2.51. The second-order valence-corrected chi connectivity index (χ2v) is 18.5. The topological polar surface area (TPSA) is 106 Å². The number of Topliss-reactive ketones (excluding diaryl/α,β-unsaturated/α-hetero) is 2. The van der Waals surface area contributed by atoms with Crippen molar-refractivity contribution in [2.24, 2.45) is 28.8 Å². The summed E-state index contributed by atoms with van der Waals surface area (Å²) in [5.74, 6) is 2.21. The lowest BCUT2D eigenvalue weighted by molar-refractivity contribution is -0.449. The zero-order valence-corrected chi connectivity index (χ0v) is 35.6. The molecular formula is C44H53Cl2N7O3P+. The normalized spacial score (nSPS) is 22.8. The number of carbonyl (C=O) groups excluding carboxylic acids is 2. The van der Waals surface area contributed by atoms with Crippen LogP contribution in [0.1, 0.15) is 45.2 Å². The van der Waals surface area contributed by atoms with Crippen LogP contribution in [0.3, 0.4) is 0 Å². The van der Waals surface area contributed by atoms with Crippen LogP contribution in [0, 0.1) is 23.7 Å². The number of benzene rings is 2. The second kappa shape index (κ2) is 18.5. The van der Waals surface area contributed by atoms with Crippen molar-refractivity contribution in [1.82, 2.24) is 25.2 Å². The Labute approximate surface area is 347 Å². The minimum Gasteiger partial charge on any atom is -0.349 e. The van der Waals surface area contributed by atoms with E-state index >= 15 is 0 Å². The Balaban J connectivity index is 0.000000177. The summed E-state index contributed by atoms with van der Waals surface area (Å²) in [6.07, 6.45) is 16.9. The van der Waals surface area contributed by atoms with Gasteiger partial charge in [-0.3, -0.25) is 19.5 Å². The highest BCUT2D eigenvalue weighted by molar-refractivity contribution is 7.71. The van der Waals surface area contributed by atoms with Crippen LogP contribution < -0.4 is 10.5 Å². The van der Waals surface area contributed by atoms with Crippen LogP contribution in [0.5, 0.6) is 0 Å². The van der Waals surface area contributed by atoms with E-state index in [2.05, 4.69) is 75.1 Å². The van der Waals surface area contributed by atoms with E-state index in [0.717, 1.165) is 68.3 Å². The fourth-order valence-electron chi connectivity index (χ4n) is 8.65. The fraction of sp³-hybridized carbons (Fsp3) is 0.409. The summed E-state index contributed by atoms with van der Waals surface area (Å²) in [7, 11) is 4.18. The van der Waals surface area contributed by atoms with Crippen molar-refractivity contribution in [1.29, 1.82) is 0 Å². The number of hydroxylamine groups is 1. The molecule has 4 aliphatic carbocycles. The van der Waals surface area contributed by atoms with Crippen LogP contribution in [0.2, 0.25) is 10.0 Å². The average molecular weight is 830 g/mol. The van der Waals surface area contributed by atoms with Gasteiger partial charge in [-0.05, 0) is 70.3 Å². The summed E-state index contributed by atoms with van der Waals surface area (Å²) >= 11 is 12.8. The number of nitrogens with zero attached hydrogens (tertiary/aromatic N) is 5. The number of fused-ring (bicyclic) bond motifs is 4. The number of hydrogen-bond donors (Lipinski definition) is 3. The van der Waals surface area contributed by atoms with Crippen molar-refractivity contribution in [3.8, 4) is 0 Å². The van der Waals surface area contributed by atoms with Crippen molar-refractivity contribution in [2.45, 2.75) is 13.3 Å². The molecule has 0 fully saturated rings. The molecule has 0 saturated heterocycles. The Bertz CT molecular complexity index is 2090. The van der Waals surface area contributed by atoms with Crippen LogP contribution in [0.4, 0.5) is 0 Å². The molecule has 2 aromatic carbocycles. The number of ketones is 2. The van der Waals surface area contributed by atoms with Crippen LogP contribution in [-0.4, -0.2) is 127 Å². The fourth-order valence-corrected chi connectivity index (χ4v) is 10.5. The maximum atomic E-state index is 13.1. The summed E-state index contributed by atoms with van der Waals surface area (Å²) in [6.45, 7) is 11.2. The zero-order valence-electron chi connectivity index (χ0n) is 33.2. The van der Waals surface area contributed by atoms with Crippen molar-refractivity contribution in [3.05, 3.63) is 123 Å². The highest BCUT2D eigenvalue weighted by atomic mass is 35.5. The quantitative estimate of drug-likeness (QED) is 0.121. The summed E-state index contributed by atoms with van der Waals surface area (Å²) < 4.78 is 0. The molecule has 2 aliphatic heterocycles. The van der Waals surface area contributed by atoms with E-state index in [1.165, 1.54) is 23.9 Å². The summed E-state index contributed by atoms with van der Waals surface area (Å²) in [5.41, 5.74) is 9.77. The van der Waals surface area contributed by atoms with E-state index in [1.54, 1.807) is 12.1 Å². The molecule has 3 N–H and O–H groups in total. The smallest absolute Gasteiger partial charge is 0.172 e. The van der Waals surface area contributed by atoms with Crippen molar-refractivity contribution < 1.29 is 19.8 Å². The molecule has 300 valence electrons. The van der Waals surface area contributed by atoms with Crippen molar-refractivity contribution >= 4 is 59.9 Å². The Morgan fingerprint density at radius 2 is 1.51 bits per heavy atom. The number of hydrogen-bond acceptors (Lipinski definition) is 9. The number of likely N-dealkylation sites (N-methyl/N-ethyl adjacent to an activating group) is 2. The summed E-state index contributed by atoms with van der Waals surface area (Å²) in [5, 5.41) is 16.8. The average Bonchev–Trinajstić information content (AvgIpc) is 3.78. The monoisotopic (exact) mass is 828 g/mol. The maximum absolute atomic E-state index is 13.1. The first-order valence-electron chi connectivity index (χ1n) is 19.9. The van der Waals surface area contributed by atoms with Gasteiger partial charge < -0.3 is 15.0 Å². The van der Waals surface area contributed by atoms with Gasteiger partial charge in [-0.15, -0.1) is 0 Å².